The highest BCUT2D eigenvalue weighted by Crippen LogP contribution is 2.29. The topological polar surface area (TPSA) is 46.5 Å². The summed E-state index contributed by atoms with van der Waals surface area (Å²) < 4.78 is 5.32. The van der Waals surface area contributed by atoms with Gasteiger partial charge in [-0.25, -0.2) is 0 Å². The second-order valence-electron chi connectivity index (χ2n) is 5.06. The van der Waals surface area contributed by atoms with Crippen LogP contribution in [0.1, 0.15) is 25.8 Å². The van der Waals surface area contributed by atoms with Crippen LogP contribution in [0.3, 0.4) is 0 Å². The maximum Gasteiger partial charge on any atom is 0.308 e. The standard InChI is InChI=1S/C16H22O3/c1-4-10-16(11-17,12-19-15(18)13(2)3)14-8-6-5-7-9-14/h4-9,13,17H,1,10-12H2,2-3H3/t16-/m0/s1. The van der Waals surface area contributed by atoms with Crippen LogP contribution in [0.2, 0.25) is 0 Å². The molecular formula is C16H22O3. The largest absolute Gasteiger partial charge is 0.464 e. The fourth-order valence-corrected chi connectivity index (χ4v) is 1.91. The molecule has 104 valence electrons. The number of carbonyl (C=O) groups excluding carboxylic acids is 1. The summed E-state index contributed by atoms with van der Waals surface area (Å²) in [7, 11) is 0. The molecule has 1 aromatic carbocycles. The third-order valence-electron chi connectivity index (χ3n) is 3.19. The smallest absolute Gasteiger partial charge is 0.308 e. The number of hydrogen-bond donors (Lipinski definition) is 1. The summed E-state index contributed by atoms with van der Waals surface area (Å²) in [6, 6.07) is 9.60. The van der Waals surface area contributed by atoms with Gasteiger partial charge < -0.3 is 9.84 Å². The van der Waals surface area contributed by atoms with E-state index in [0.717, 1.165) is 5.56 Å². The van der Waals surface area contributed by atoms with Crippen molar-refractivity contribution in [2.24, 2.45) is 5.92 Å². The van der Waals surface area contributed by atoms with E-state index in [9.17, 15) is 9.90 Å². The summed E-state index contributed by atoms with van der Waals surface area (Å²) in [6.07, 6.45) is 2.30. The van der Waals surface area contributed by atoms with Gasteiger partial charge in [-0.1, -0.05) is 50.3 Å². The van der Waals surface area contributed by atoms with Crippen LogP contribution in [0.15, 0.2) is 43.0 Å². The van der Waals surface area contributed by atoms with Crippen molar-refractivity contribution in [2.75, 3.05) is 13.2 Å². The molecule has 0 aromatic heterocycles. The second-order valence-corrected chi connectivity index (χ2v) is 5.06. The van der Waals surface area contributed by atoms with E-state index in [1.54, 1.807) is 19.9 Å². The molecule has 0 aliphatic heterocycles. The Bertz CT molecular complexity index is 411. The van der Waals surface area contributed by atoms with Crippen LogP contribution in [0, 0.1) is 5.92 Å². The SMILES string of the molecule is C=CC[C@](CO)(COC(=O)C(C)C)c1ccccc1. The van der Waals surface area contributed by atoms with Gasteiger partial charge in [-0.2, -0.15) is 0 Å². The van der Waals surface area contributed by atoms with Crippen molar-refractivity contribution in [3.63, 3.8) is 0 Å². The lowest BCUT2D eigenvalue weighted by Crippen LogP contribution is -2.37. The number of rotatable bonds is 7. The van der Waals surface area contributed by atoms with Gasteiger partial charge in [-0.3, -0.25) is 4.79 Å². The van der Waals surface area contributed by atoms with Gasteiger partial charge >= 0.3 is 5.97 Å². The van der Waals surface area contributed by atoms with E-state index in [0.29, 0.717) is 6.42 Å². The molecule has 0 fully saturated rings. The molecule has 0 aliphatic carbocycles. The Morgan fingerprint density at radius 2 is 2.05 bits per heavy atom. The van der Waals surface area contributed by atoms with Gasteiger partial charge in [-0.15, -0.1) is 6.58 Å². The highest BCUT2D eigenvalue weighted by molar-refractivity contribution is 5.71. The average molecular weight is 262 g/mol. The first kappa shape index (κ1) is 15.4. The molecular weight excluding hydrogens is 240 g/mol. The quantitative estimate of drug-likeness (QED) is 0.607. The first-order valence-corrected chi connectivity index (χ1v) is 6.49. The summed E-state index contributed by atoms with van der Waals surface area (Å²) in [5, 5.41) is 9.77. The molecule has 1 atom stereocenters. The van der Waals surface area contributed by atoms with E-state index in [-0.39, 0.29) is 25.1 Å². The Kier molecular flexibility index (Phi) is 5.77. The zero-order chi connectivity index (χ0) is 14.3. The molecule has 0 aliphatic rings. The van der Waals surface area contributed by atoms with Crippen molar-refractivity contribution in [1.82, 2.24) is 0 Å². The van der Waals surface area contributed by atoms with Crippen molar-refractivity contribution >= 4 is 5.97 Å². The molecule has 0 saturated heterocycles. The van der Waals surface area contributed by atoms with Crippen molar-refractivity contribution in [2.45, 2.75) is 25.7 Å². The minimum absolute atomic E-state index is 0.0889. The van der Waals surface area contributed by atoms with Gasteiger partial charge in [-0.05, 0) is 12.0 Å². The van der Waals surface area contributed by atoms with Gasteiger partial charge in [0, 0.05) is 0 Å². The van der Waals surface area contributed by atoms with Crippen molar-refractivity contribution in [3.8, 4) is 0 Å². The fraction of sp³-hybridized carbons (Fsp3) is 0.438. The van der Waals surface area contributed by atoms with Crippen molar-refractivity contribution in [1.29, 1.82) is 0 Å². The van der Waals surface area contributed by atoms with E-state index in [4.69, 9.17) is 4.74 Å². The van der Waals surface area contributed by atoms with Crippen LogP contribution in [-0.2, 0) is 14.9 Å². The number of hydrogen-bond acceptors (Lipinski definition) is 3. The van der Waals surface area contributed by atoms with E-state index < -0.39 is 5.41 Å². The van der Waals surface area contributed by atoms with Crippen LogP contribution in [-0.4, -0.2) is 24.3 Å². The first-order valence-electron chi connectivity index (χ1n) is 6.49. The van der Waals surface area contributed by atoms with E-state index >= 15 is 0 Å². The lowest BCUT2D eigenvalue weighted by Gasteiger charge is -2.31. The Morgan fingerprint density at radius 1 is 1.42 bits per heavy atom. The number of benzene rings is 1. The van der Waals surface area contributed by atoms with Crippen LogP contribution in [0.4, 0.5) is 0 Å². The summed E-state index contributed by atoms with van der Waals surface area (Å²) in [4.78, 5) is 11.6. The molecule has 1 aromatic rings. The molecule has 3 heteroatoms. The zero-order valence-electron chi connectivity index (χ0n) is 11.6. The maximum atomic E-state index is 11.6. The van der Waals surface area contributed by atoms with Gasteiger partial charge in [0.05, 0.1) is 17.9 Å². The first-order chi connectivity index (χ1) is 9.05. The van der Waals surface area contributed by atoms with Gasteiger partial charge in [0.2, 0.25) is 0 Å². The monoisotopic (exact) mass is 262 g/mol. The molecule has 3 nitrogen and oxygen atoms in total. The Hall–Kier alpha value is -1.61. The minimum atomic E-state index is -0.604. The van der Waals surface area contributed by atoms with Crippen molar-refractivity contribution < 1.29 is 14.6 Å². The molecule has 0 amide bonds. The summed E-state index contributed by atoms with van der Waals surface area (Å²) in [6.45, 7) is 7.39. The van der Waals surface area contributed by atoms with Gasteiger partial charge in [0.15, 0.2) is 0 Å². The molecule has 0 heterocycles. The maximum absolute atomic E-state index is 11.6. The van der Waals surface area contributed by atoms with Crippen LogP contribution >= 0.6 is 0 Å². The lowest BCUT2D eigenvalue weighted by molar-refractivity contribution is -0.149. The summed E-state index contributed by atoms with van der Waals surface area (Å²) >= 11 is 0. The molecule has 0 bridgehead atoms. The highest BCUT2D eigenvalue weighted by Gasteiger charge is 2.32. The number of aliphatic hydroxyl groups is 1. The lowest BCUT2D eigenvalue weighted by atomic mass is 9.79. The Balaban J connectivity index is 2.93. The summed E-state index contributed by atoms with van der Waals surface area (Å²) in [5.41, 5.74) is 0.349. The van der Waals surface area contributed by atoms with Crippen molar-refractivity contribution in [3.05, 3.63) is 48.6 Å². The molecule has 1 rings (SSSR count). The zero-order valence-corrected chi connectivity index (χ0v) is 11.6. The van der Waals surface area contributed by atoms with Gasteiger partial charge in [0.25, 0.3) is 0 Å². The van der Waals surface area contributed by atoms with Gasteiger partial charge in [0.1, 0.15) is 6.61 Å². The van der Waals surface area contributed by atoms with Crippen LogP contribution in [0.5, 0.6) is 0 Å². The molecule has 0 radical (unpaired) electrons. The molecule has 19 heavy (non-hydrogen) atoms. The molecule has 0 spiro atoms. The second kappa shape index (κ2) is 7.10. The molecule has 0 saturated carbocycles. The number of ether oxygens (including phenoxy) is 1. The van der Waals surface area contributed by atoms with Crippen LogP contribution in [0.25, 0.3) is 0 Å². The third-order valence-corrected chi connectivity index (χ3v) is 3.19. The summed E-state index contributed by atoms with van der Waals surface area (Å²) in [5.74, 6) is -0.422. The predicted molar refractivity (Wildman–Crippen MR) is 75.8 cm³/mol. The highest BCUT2D eigenvalue weighted by atomic mass is 16.5. The third kappa shape index (κ3) is 3.93. The number of allylic oxidation sites excluding steroid dienone is 1. The molecule has 1 N–H and O–H groups in total. The number of aliphatic hydroxyl groups excluding tert-OH is 1. The van der Waals surface area contributed by atoms with E-state index in [1.807, 2.05) is 30.3 Å². The normalized spacial score (nSPS) is 13.9. The Morgan fingerprint density at radius 3 is 2.53 bits per heavy atom. The number of carbonyl (C=O) groups is 1. The fourth-order valence-electron chi connectivity index (χ4n) is 1.91. The predicted octanol–water partition coefficient (Wildman–Crippen LogP) is 2.69. The van der Waals surface area contributed by atoms with Crippen LogP contribution < -0.4 is 0 Å². The van der Waals surface area contributed by atoms with E-state index in [2.05, 4.69) is 6.58 Å². The van der Waals surface area contributed by atoms with E-state index in [1.165, 1.54) is 0 Å². The molecule has 0 unspecified atom stereocenters. The number of esters is 1. The minimum Gasteiger partial charge on any atom is -0.464 e. The Labute approximate surface area is 114 Å². The average Bonchev–Trinajstić information content (AvgIpc) is 2.44.